The summed E-state index contributed by atoms with van der Waals surface area (Å²) in [5.74, 6) is -0.146. The molecule has 2 atom stereocenters. The Morgan fingerprint density at radius 2 is 1.94 bits per heavy atom. The van der Waals surface area contributed by atoms with E-state index in [9.17, 15) is 9.59 Å². The molecule has 1 fully saturated rings. The van der Waals surface area contributed by atoms with E-state index < -0.39 is 12.1 Å². The monoisotopic (exact) mass is 310 g/mol. The van der Waals surface area contributed by atoms with Crippen molar-refractivity contribution in [1.29, 1.82) is 0 Å². The van der Waals surface area contributed by atoms with Crippen molar-refractivity contribution < 1.29 is 9.59 Å². The summed E-state index contributed by atoms with van der Waals surface area (Å²) in [5.41, 5.74) is 1.000. The minimum atomic E-state index is -0.448. The lowest BCUT2D eigenvalue weighted by Gasteiger charge is -2.36. The highest BCUT2D eigenvalue weighted by Gasteiger charge is 2.35. The summed E-state index contributed by atoms with van der Waals surface area (Å²) in [6, 6.07) is 6.84. The largest absolute Gasteiger partial charge is 0.343 e. The van der Waals surface area contributed by atoms with Crippen LogP contribution in [-0.2, 0) is 16.1 Å². The van der Waals surface area contributed by atoms with Crippen molar-refractivity contribution >= 4 is 27.7 Å². The molecule has 1 saturated heterocycles. The summed E-state index contributed by atoms with van der Waals surface area (Å²) >= 11 is 3.45. The van der Waals surface area contributed by atoms with Gasteiger partial charge in [-0.1, -0.05) is 34.1 Å². The molecule has 5 heteroatoms. The molecule has 0 bridgehead atoms. The van der Waals surface area contributed by atoms with Crippen LogP contribution in [0.3, 0.4) is 0 Å². The summed E-state index contributed by atoms with van der Waals surface area (Å²) in [5, 5.41) is 2.67. The van der Waals surface area contributed by atoms with Gasteiger partial charge in [-0.25, -0.2) is 0 Å². The highest BCUT2D eigenvalue weighted by atomic mass is 79.9. The first-order valence-corrected chi connectivity index (χ1v) is 6.64. The van der Waals surface area contributed by atoms with E-state index in [1.807, 2.05) is 24.3 Å². The Bertz CT molecular complexity index is 490. The Kier molecular flexibility index (Phi) is 3.71. The zero-order valence-corrected chi connectivity index (χ0v) is 11.9. The van der Waals surface area contributed by atoms with Crippen molar-refractivity contribution in [3.05, 3.63) is 34.3 Å². The maximum atomic E-state index is 12.1. The van der Waals surface area contributed by atoms with Gasteiger partial charge in [0, 0.05) is 11.0 Å². The summed E-state index contributed by atoms with van der Waals surface area (Å²) in [6.45, 7) is 3.90. The molecule has 96 valence electrons. The van der Waals surface area contributed by atoms with Gasteiger partial charge >= 0.3 is 0 Å². The van der Waals surface area contributed by atoms with Crippen LogP contribution in [0.15, 0.2) is 28.7 Å². The number of hydrogen-bond donors (Lipinski definition) is 1. The third-order valence-electron chi connectivity index (χ3n) is 3.16. The fraction of sp³-hybridized carbons (Fsp3) is 0.385. The number of nitrogens with zero attached hydrogens (tertiary/aromatic N) is 1. The van der Waals surface area contributed by atoms with Gasteiger partial charge < -0.3 is 10.2 Å². The molecule has 0 spiro atoms. The molecule has 2 rings (SSSR count). The normalized spacial score (nSPS) is 24.1. The molecule has 1 heterocycles. The van der Waals surface area contributed by atoms with E-state index >= 15 is 0 Å². The third kappa shape index (κ3) is 2.41. The number of rotatable bonds is 2. The Balaban J connectivity index is 2.23. The Labute approximate surface area is 114 Å². The number of nitrogens with one attached hydrogen (secondary N) is 1. The van der Waals surface area contributed by atoms with Gasteiger partial charge in [0.25, 0.3) is 0 Å². The average molecular weight is 311 g/mol. The highest BCUT2D eigenvalue weighted by molar-refractivity contribution is 9.10. The molecular weight excluding hydrogens is 296 g/mol. The number of carbonyl (C=O) groups excluding carboxylic acids is 2. The smallest absolute Gasteiger partial charge is 0.245 e. The first-order chi connectivity index (χ1) is 8.50. The molecule has 18 heavy (non-hydrogen) atoms. The molecule has 1 aromatic rings. The van der Waals surface area contributed by atoms with Crippen molar-refractivity contribution in [1.82, 2.24) is 10.2 Å². The minimum absolute atomic E-state index is 0.0437. The fourth-order valence-corrected chi connectivity index (χ4v) is 2.41. The van der Waals surface area contributed by atoms with Crippen molar-refractivity contribution in [2.45, 2.75) is 32.5 Å². The summed E-state index contributed by atoms with van der Waals surface area (Å²) in [4.78, 5) is 25.4. The summed E-state index contributed by atoms with van der Waals surface area (Å²) in [6.07, 6.45) is 0. The number of piperazine rings is 1. The second kappa shape index (κ2) is 5.10. The highest BCUT2D eigenvalue weighted by Crippen LogP contribution is 2.20. The third-order valence-corrected chi connectivity index (χ3v) is 3.93. The Hall–Kier alpha value is -1.36. The standard InChI is InChI=1S/C13H15BrN2O2/c1-8-13(18)16(9(2)12(17)15-8)7-10-5-3-4-6-11(10)14/h3-6,8-9H,7H2,1-2H3,(H,15,17). The number of carbonyl (C=O) groups is 2. The van der Waals surface area contributed by atoms with E-state index in [4.69, 9.17) is 0 Å². The lowest BCUT2D eigenvalue weighted by molar-refractivity contribution is -0.148. The first kappa shape index (κ1) is 13.1. The predicted molar refractivity (Wildman–Crippen MR) is 71.8 cm³/mol. The van der Waals surface area contributed by atoms with Gasteiger partial charge in [-0.3, -0.25) is 9.59 Å². The molecule has 0 radical (unpaired) electrons. The predicted octanol–water partition coefficient (Wildman–Crippen LogP) is 1.68. The molecule has 0 saturated carbocycles. The van der Waals surface area contributed by atoms with Crippen LogP contribution in [-0.4, -0.2) is 28.8 Å². The molecule has 2 unspecified atom stereocenters. The molecule has 1 N–H and O–H groups in total. The molecule has 1 aromatic carbocycles. The quantitative estimate of drug-likeness (QED) is 0.903. The maximum Gasteiger partial charge on any atom is 0.245 e. The molecule has 4 nitrogen and oxygen atoms in total. The Morgan fingerprint density at radius 1 is 1.28 bits per heavy atom. The number of hydrogen-bond acceptors (Lipinski definition) is 2. The van der Waals surface area contributed by atoms with E-state index in [1.54, 1.807) is 18.7 Å². The van der Waals surface area contributed by atoms with E-state index in [0.29, 0.717) is 6.54 Å². The van der Waals surface area contributed by atoms with Crippen LogP contribution >= 0.6 is 15.9 Å². The van der Waals surface area contributed by atoms with Gasteiger partial charge in [0.05, 0.1) is 0 Å². The second-order valence-electron chi connectivity index (χ2n) is 4.46. The van der Waals surface area contributed by atoms with Crippen LogP contribution < -0.4 is 5.32 Å². The van der Waals surface area contributed by atoms with Crippen LogP contribution in [0.4, 0.5) is 0 Å². The summed E-state index contributed by atoms with van der Waals surface area (Å²) < 4.78 is 0.948. The van der Waals surface area contributed by atoms with Gasteiger partial charge in [0.1, 0.15) is 12.1 Å². The number of benzene rings is 1. The van der Waals surface area contributed by atoms with E-state index in [0.717, 1.165) is 10.0 Å². The zero-order chi connectivity index (χ0) is 13.3. The lowest BCUT2D eigenvalue weighted by atomic mass is 10.1. The molecular formula is C13H15BrN2O2. The minimum Gasteiger partial charge on any atom is -0.343 e. The van der Waals surface area contributed by atoms with E-state index in [-0.39, 0.29) is 11.8 Å². The molecule has 1 aliphatic heterocycles. The molecule has 2 amide bonds. The van der Waals surface area contributed by atoms with Crippen molar-refractivity contribution in [3.63, 3.8) is 0 Å². The fourth-order valence-electron chi connectivity index (χ4n) is 2.00. The summed E-state index contributed by atoms with van der Waals surface area (Å²) in [7, 11) is 0. The van der Waals surface area contributed by atoms with Crippen molar-refractivity contribution in [3.8, 4) is 0 Å². The second-order valence-corrected chi connectivity index (χ2v) is 5.32. The van der Waals surface area contributed by atoms with Crippen molar-refractivity contribution in [2.24, 2.45) is 0 Å². The molecule has 0 aliphatic carbocycles. The van der Waals surface area contributed by atoms with Crippen molar-refractivity contribution in [2.75, 3.05) is 0 Å². The average Bonchev–Trinajstić information content (AvgIpc) is 2.34. The SMILES string of the molecule is CC1NC(=O)C(C)N(Cc2ccccc2Br)C1=O. The van der Waals surface area contributed by atoms with E-state index in [1.165, 1.54) is 0 Å². The van der Waals surface area contributed by atoms with Gasteiger partial charge in [-0.05, 0) is 25.5 Å². The molecule has 1 aliphatic rings. The maximum absolute atomic E-state index is 12.1. The number of amides is 2. The van der Waals surface area contributed by atoms with Gasteiger partial charge in [-0.2, -0.15) is 0 Å². The van der Waals surface area contributed by atoms with Crippen LogP contribution in [0, 0.1) is 0 Å². The Morgan fingerprint density at radius 3 is 2.61 bits per heavy atom. The van der Waals surface area contributed by atoms with Crippen LogP contribution in [0.2, 0.25) is 0 Å². The van der Waals surface area contributed by atoms with E-state index in [2.05, 4.69) is 21.2 Å². The van der Waals surface area contributed by atoms with Crippen LogP contribution in [0.5, 0.6) is 0 Å². The van der Waals surface area contributed by atoms with Crippen LogP contribution in [0.25, 0.3) is 0 Å². The molecule has 0 aromatic heterocycles. The first-order valence-electron chi connectivity index (χ1n) is 5.85. The van der Waals surface area contributed by atoms with Crippen LogP contribution in [0.1, 0.15) is 19.4 Å². The van der Waals surface area contributed by atoms with Gasteiger partial charge in [0.15, 0.2) is 0 Å². The topological polar surface area (TPSA) is 49.4 Å². The number of halogens is 1. The van der Waals surface area contributed by atoms with Gasteiger partial charge in [0.2, 0.25) is 11.8 Å². The zero-order valence-electron chi connectivity index (χ0n) is 10.3. The lowest BCUT2D eigenvalue weighted by Crippen LogP contribution is -2.60. The van der Waals surface area contributed by atoms with Gasteiger partial charge in [-0.15, -0.1) is 0 Å².